The van der Waals surface area contributed by atoms with Gasteiger partial charge >= 0.3 is 5.69 Å². The van der Waals surface area contributed by atoms with Gasteiger partial charge in [0.2, 0.25) is 0 Å². The summed E-state index contributed by atoms with van der Waals surface area (Å²) >= 11 is 6.69. The maximum atomic E-state index is 13.3. The third kappa shape index (κ3) is 4.04. The maximum Gasteiger partial charge on any atom is 0.334 e. The molecule has 0 bridgehead atoms. The largest absolute Gasteiger partial charge is 0.334 e. The van der Waals surface area contributed by atoms with Crippen molar-refractivity contribution in [1.82, 2.24) is 34.7 Å². The van der Waals surface area contributed by atoms with E-state index in [-0.39, 0.29) is 5.69 Å². The number of hydrogen-bond acceptors (Lipinski definition) is 5. The Balaban J connectivity index is 1.50. The van der Waals surface area contributed by atoms with E-state index in [1.165, 1.54) is 0 Å². The molecule has 8 nitrogen and oxygen atoms in total. The molecule has 0 atom stereocenters. The number of aromatic nitrogens is 7. The minimum Gasteiger partial charge on any atom is -0.288 e. The van der Waals surface area contributed by atoms with Crippen molar-refractivity contribution in [3.63, 3.8) is 0 Å². The maximum absolute atomic E-state index is 13.3. The monoisotopic (exact) mass is 471 g/mol. The van der Waals surface area contributed by atoms with Gasteiger partial charge in [0, 0.05) is 17.3 Å². The lowest BCUT2D eigenvalue weighted by Crippen LogP contribution is -2.25. The number of para-hydroxylation sites is 1. The van der Waals surface area contributed by atoms with Crippen LogP contribution in [0.25, 0.3) is 28.2 Å². The van der Waals surface area contributed by atoms with Gasteiger partial charge in [0.15, 0.2) is 5.82 Å². The molecule has 2 aromatic carbocycles. The normalized spacial score (nSPS) is 11.1. The molecule has 9 heteroatoms. The zero-order valence-electron chi connectivity index (χ0n) is 18.5. The first-order valence-corrected chi connectivity index (χ1v) is 11.4. The number of aromatic amines is 1. The van der Waals surface area contributed by atoms with Crippen molar-refractivity contribution in [1.29, 1.82) is 0 Å². The number of halogens is 1. The van der Waals surface area contributed by atoms with Gasteiger partial charge in [-0.25, -0.2) is 9.89 Å². The van der Waals surface area contributed by atoms with Crippen molar-refractivity contribution >= 4 is 11.6 Å². The van der Waals surface area contributed by atoms with E-state index >= 15 is 0 Å². The number of rotatable bonds is 7. The fourth-order valence-corrected chi connectivity index (χ4v) is 4.42. The molecule has 0 unspecified atom stereocenters. The number of nitrogens with zero attached hydrogens (tertiary/aromatic N) is 6. The Morgan fingerprint density at radius 2 is 1.74 bits per heavy atom. The molecule has 0 fully saturated rings. The van der Waals surface area contributed by atoms with E-state index in [2.05, 4.69) is 32.5 Å². The molecular weight excluding hydrogens is 450 g/mol. The van der Waals surface area contributed by atoms with Crippen molar-refractivity contribution in [3.8, 4) is 28.2 Å². The molecule has 0 spiro atoms. The Morgan fingerprint density at radius 1 is 0.971 bits per heavy atom. The van der Waals surface area contributed by atoms with E-state index in [1.54, 1.807) is 15.3 Å². The van der Waals surface area contributed by atoms with Crippen LogP contribution in [0.3, 0.4) is 0 Å². The lowest BCUT2D eigenvalue weighted by Gasteiger charge is -2.09. The second kappa shape index (κ2) is 9.44. The van der Waals surface area contributed by atoms with Gasteiger partial charge in [0.25, 0.3) is 0 Å². The van der Waals surface area contributed by atoms with Gasteiger partial charge in [-0.15, -0.1) is 5.10 Å². The van der Waals surface area contributed by atoms with Crippen LogP contribution in [0, 0.1) is 0 Å². The summed E-state index contributed by atoms with van der Waals surface area (Å²) in [7, 11) is 0. The molecule has 34 heavy (non-hydrogen) atoms. The van der Waals surface area contributed by atoms with Crippen LogP contribution in [-0.4, -0.2) is 34.7 Å². The molecule has 3 heterocycles. The van der Waals surface area contributed by atoms with Crippen molar-refractivity contribution in [2.75, 3.05) is 0 Å². The molecule has 0 aliphatic carbocycles. The number of nitrogens with one attached hydrogen (secondary N) is 1. The number of tetrazole rings is 1. The Bertz CT molecular complexity index is 1460. The van der Waals surface area contributed by atoms with Crippen LogP contribution in [0.1, 0.15) is 24.7 Å². The highest BCUT2D eigenvalue weighted by Crippen LogP contribution is 2.29. The Kier molecular flexibility index (Phi) is 6.05. The third-order valence-corrected chi connectivity index (χ3v) is 6.05. The number of imidazole rings is 1. The van der Waals surface area contributed by atoms with E-state index < -0.39 is 0 Å². The topological polar surface area (TPSA) is 94.3 Å². The fraction of sp³-hybridized carbons (Fsp3) is 0.160. The molecule has 0 radical (unpaired) electrons. The van der Waals surface area contributed by atoms with Gasteiger partial charge in [-0.3, -0.25) is 14.1 Å². The summed E-state index contributed by atoms with van der Waals surface area (Å²) in [6.45, 7) is 2.40. The molecular formula is C25H22ClN7O. The van der Waals surface area contributed by atoms with Crippen molar-refractivity contribution in [2.45, 2.75) is 26.3 Å². The van der Waals surface area contributed by atoms with Crippen LogP contribution in [0.5, 0.6) is 0 Å². The molecule has 0 aliphatic rings. The average molecular weight is 472 g/mol. The molecule has 5 aromatic rings. The third-order valence-electron chi connectivity index (χ3n) is 5.67. The Hall–Kier alpha value is -4.04. The lowest BCUT2D eigenvalue weighted by molar-refractivity contribution is 0.679. The smallest absolute Gasteiger partial charge is 0.288 e. The highest BCUT2D eigenvalue weighted by atomic mass is 35.5. The quantitative estimate of drug-likeness (QED) is 0.376. The standard InChI is InChI=1S/C25H22ClN7O/c1-2-8-22-23(26)33(19-9-4-3-5-10-19)25(34)32(22)16-18-14-13-17(15-27-18)20-11-6-7-12-21(20)24-28-30-31-29-24/h3-7,9-15H,2,8,16H2,1H3,(H,28,29,30,31). The highest BCUT2D eigenvalue weighted by molar-refractivity contribution is 6.30. The average Bonchev–Trinajstić information content (AvgIpc) is 3.49. The molecule has 0 aliphatic heterocycles. The van der Waals surface area contributed by atoms with Crippen LogP contribution in [0.15, 0.2) is 77.7 Å². The summed E-state index contributed by atoms with van der Waals surface area (Å²) in [6.07, 6.45) is 3.38. The van der Waals surface area contributed by atoms with Gasteiger partial charge in [-0.1, -0.05) is 73.5 Å². The summed E-state index contributed by atoms with van der Waals surface area (Å²) in [5.41, 5.74) is 4.93. The van der Waals surface area contributed by atoms with Gasteiger partial charge in [0.1, 0.15) is 5.15 Å². The number of benzene rings is 2. The van der Waals surface area contributed by atoms with E-state index in [4.69, 9.17) is 11.6 Å². The summed E-state index contributed by atoms with van der Waals surface area (Å²) in [5.74, 6) is 0.590. The molecule has 0 amide bonds. The van der Waals surface area contributed by atoms with Crippen LogP contribution >= 0.6 is 11.6 Å². The Labute approximate surface area is 200 Å². The SMILES string of the molecule is CCCc1c(Cl)n(-c2ccccc2)c(=O)n1Cc1ccc(-c2ccccc2-c2nnn[nH]2)cn1. The molecule has 0 saturated carbocycles. The number of H-pyrrole nitrogens is 1. The molecule has 1 N–H and O–H groups in total. The van der Waals surface area contributed by atoms with Crippen LogP contribution in [-0.2, 0) is 13.0 Å². The summed E-state index contributed by atoms with van der Waals surface area (Å²) < 4.78 is 3.28. The van der Waals surface area contributed by atoms with Gasteiger partial charge in [-0.05, 0) is 40.6 Å². The first kappa shape index (κ1) is 21.8. The summed E-state index contributed by atoms with van der Waals surface area (Å²) in [4.78, 5) is 18.0. The van der Waals surface area contributed by atoms with Gasteiger partial charge < -0.3 is 0 Å². The minimum atomic E-state index is -0.173. The predicted octanol–water partition coefficient (Wildman–Crippen LogP) is 4.54. The van der Waals surface area contributed by atoms with E-state index in [0.29, 0.717) is 23.9 Å². The second-order valence-electron chi connectivity index (χ2n) is 7.86. The second-order valence-corrected chi connectivity index (χ2v) is 8.22. The number of pyridine rings is 1. The molecule has 170 valence electrons. The van der Waals surface area contributed by atoms with Crippen LogP contribution in [0.2, 0.25) is 5.15 Å². The van der Waals surface area contributed by atoms with E-state index in [1.807, 2.05) is 66.7 Å². The van der Waals surface area contributed by atoms with Crippen molar-refractivity contribution < 1.29 is 0 Å². The first-order valence-electron chi connectivity index (χ1n) is 11.0. The highest BCUT2D eigenvalue weighted by Gasteiger charge is 2.19. The number of hydrogen-bond donors (Lipinski definition) is 1. The molecule has 0 saturated heterocycles. The zero-order chi connectivity index (χ0) is 23.5. The van der Waals surface area contributed by atoms with E-state index in [0.717, 1.165) is 40.2 Å². The summed E-state index contributed by atoms with van der Waals surface area (Å²) in [6, 6.07) is 21.2. The van der Waals surface area contributed by atoms with Crippen molar-refractivity contribution in [2.24, 2.45) is 0 Å². The fourth-order valence-electron chi connectivity index (χ4n) is 4.05. The van der Waals surface area contributed by atoms with Gasteiger partial charge in [-0.2, -0.15) is 0 Å². The summed E-state index contributed by atoms with van der Waals surface area (Å²) in [5, 5.41) is 14.6. The Morgan fingerprint density at radius 3 is 2.41 bits per heavy atom. The molecule has 5 rings (SSSR count). The predicted molar refractivity (Wildman–Crippen MR) is 131 cm³/mol. The first-order chi connectivity index (χ1) is 16.7. The van der Waals surface area contributed by atoms with Crippen LogP contribution < -0.4 is 5.69 Å². The zero-order valence-corrected chi connectivity index (χ0v) is 19.3. The lowest BCUT2D eigenvalue weighted by atomic mass is 10.0. The molecule has 3 aromatic heterocycles. The van der Waals surface area contributed by atoms with Crippen LogP contribution in [0.4, 0.5) is 0 Å². The van der Waals surface area contributed by atoms with Crippen molar-refractivity contribution in [3.05, 3.63) is 100.0 Å². The van der Waals surface area contributed by atoms with Gasteiger partial charge in [0.05, 0.1) is 23.6 Å². The minimum absolute atomic E-state index is 0.173. The van der Waals surface area contributed by atoms with E-state index in [9.17, 15) is 4.79 Å².